The largest absolute Gasteiger partial charge is 0.496 e. The van der Waals surface area contributed by atoms with Crippen LogP contribution < -0.4 is 9.64 Å². The SMILES string of the molecule is COc1ccc(N2C(=O)C3C(C2=O)C2(C)c4ccccc4C3(C)c3ccccc32)c([N+](=O)[O-])c1. The number of nitro groups is 1. The predicted molar refractivity (Wildman–Crippen MR) is 125 cm³/mol. The van der Waals surface area contributed by atoms with Crippen molar-refractivity contribution in [2.24, 2.45) is 11.8 Å². The molecule has 3 aromatic carbocycles. The summed E-state index contributed by atoms with van der Waals surface area (Å²) in [6.45, 7) is 4.05. The van der Waals surface area contributed by atoms with E-state index in [0.717, 1.165) is 27.2 Å². The maximum atomic E-state index is 14.1. The second-order valence-corrected chi connectivity index (χ2v) is 9.57. The van der Waals surface area contributed by atoms with E-state index in [1.807, 2.05) is 62.4 Å². The first-order chi connectivity index (χ1) is 16.3. The predicted octanol–water partition coefficient (Wildman–Crippen LogP) is 4.35. The Morgan fingerprint density at radius 2 is 1.26 bits per heavy atom. The van der Waals surface area contributed by atoms with Crippen molar-refractivity contribution in [3.63, 3.8) is 0 Å². The monoisotopic (exact) mass is 454 g/mol. The Balaban J connectivity index is 1.63. The van der Waals surface area contributed by atoms with Crippen LogP contribution in [0.4, 0.5) is 11.4 Å². The number of carbonyl (C=O) groups is 2. The zero-order valence-electron chi connectivity index (χ0n) is 18.9. The number of amides is 2. The van der Waals surface area contributed by atoms with Crippen LogP contribution in [0.3, 0.4) is 0 Å². The molecule has 0 aromatic heterocycles. The van der Waals surface area contributed by atoms with Gasteiger partial charge in [0, 0.05) is 10.8 Å². The highest BCUT2D eigenvalue weighted by Gasteiger charge is 2.71. The van der Waals surface area contributed by atoms with Gasteiger partial charge in [0.15, 0.2) is 0 Å². The fourth-order valence-corrected chi connectivity index (χ4v) is 6.77. The number of hydrogen-bond acceptors (Lipinski definition) is 5. The topological polar surface area (TPSA) is 89.8 Å². The molecule has 3 aromatic rings. The van der Waals surface area contributed by atoms with E-state index in [9.17, 15) is 19.7 Å². The molecule has 2 bridgehead atoms. The molecule has 7 rings (SSSR count). The van der Waals surface area contributed by atoms with Crippen LogP contribution in [-0.4, -0.2) is 23.8 Å². The first-order valence-corrected chi connectivity index (χ1v) is 11.2. The third-order valence-corrected chi connectivity index (χ3v) is 8.26. The van der Waals surface area contributed by atoms with Gasteiger partial charge in [-0.2, -0.15) is 0 Å². The molecule has 170 valence electrons. The van der Waals surface area contributed by atoms with Crippen LogP contribution in [0.5, 0.6) is 5.75 Å². The molecule has 1 saturated heterocycles. The van der Waals surface area contributed by atoms with Crippen molar-refractivity contribution < 1.29 is 19.2 Å². The number of rotatable bonds is 3. The lowest BCUT2D eigenvalue weighted by Gasteiger charge is -2.57. The third kappa shape index (κ3) is 2.17. The standard InChI is InChI=1S/C27H22N2O5/c1-26-16-8-4-6-10-18(16)27(2,19-11-7-5-9-17(19)26)23-22(26)24(30)28(25(23)31)20-13-12-15(34-3)14-21(20)29(32)33/h4-14,22-23H,1-3H3. The molecule has 7 heteroatoms. The van der Waals surface area contributed by atoms with E-state index in [-0.39, 0.29) is 17.1 Å². The summed E-state index contributed by atoms with van der Waals surface area (Å²) >= 11 is 0. The number of hydrogen-bond donors (Lipinski definition) is 0. The fourth-order valence-electron chi connectivity index (χ4n) is 6.77. The average Bonchev–Trinajstić information content (AvgIpc) is 3.13. The molecular weight excluding hydrogens is 432 g/mol. The quantitative estimate of drug-likeness (QED) is 0.334. The summed E-state index contributed by atoms with van der Waals surface area (Å²) in [5.41, 5.74) is 2.30. The van der Waals surface area contributed by atoms with Crippen LogP contribution in [-0.2, 0) is 20.4 Å². The van der Waals surface area contributed by atoms with Gasteiger partial charge in [0.2, 0.25) is 11.8 Å². The van der Waals surface area contributed by atoms with Crippen LogP contribution in [0, 0.1) is 22.0 Å². The second-order valence-electron chi connectivity index (χ2n) is 9.57. The van der Waals surface area contributed by atoms with E-state index in [2.05, 4.69) is 0 Å². The first-order valence-electron chi connectivity index (χ1n) is 11.2. The highest BCUT2D eigenvalue weighted by Crippen LogP contribution is 2.66. The first kappa shape index (κ1) is 20.6. The van der Waals surface area contributed by atoms with Crippen molar-refractivity contribution in [3.8, 4) is 5.75 Å². The van der Waals surface area contributed by atoms with Gasteiger partial charge in [-0.15, -0.1) is 0 Å². The molecule has 2 atom stereocenters. The minimum absolute atomic E-state index is 0.0186. The third-order valence-electron chi connectivity index (χ3n) is 8.26. The molecule has 1 aliphatic heterocycles. The molecule has 0 N–H and O–H groups in total. The normalized spacial score (nSPS) is 28.4. The number of anilines is 1. The van der Waals surface area contributed by atoms with Crippen molar-refractivity contribution in [3.05, 3.63) is 99.1 Å². The molecule has 3 aliphatic carbocycles. The molecule has 0 saturated carbocycles. The van der Waals surface area contributed by atoms with Gasteiger partial charge < -0.3 is 4.74 Å². The highest BCUT2D eigenvalue weighted by molar-refractivity contribution is 6.25. The van der Waals surface area contributed by atoms with Gasteiger partial charge in [-0.3, -0.25) is 19.7 Å². The van der Waals surface area contributed by atoms with Gasteiger partial charge in [0.1, 0.15) is 11.4 Å². The van der Waals surface area contributed by atoms with Crippen LogP contribution in [0.15, 0.2) is 66.7 Å². The average molecular weight is 454 g/mol. The fraction of sp³-hybridized carbons (Fsp3) is 0.259. The summed E-state index contributed by atoms with van der Waals surface area (Å²) in [5, 5.41) is 11.9. The summed E-state index contributed by atoms with van der Waals surface area (Å²) in [6, 6.07) is 20.2. The van der Waals surface area contributed by atoms with E-state index in [4.69, 9.17) is 4.74 Å². The smallest absolute Gasteiger partial charge is 0.297 e. The van der Waals surface area contributed by atoms with Gasteiger partial charge in [-0.1, -0.05) is 62.4 Å². The van der Waals surface area contributed by atoms with Crippen molar-refractivity contribution >= 4 is 23.2 Å². The molecule has 1 heterocycles. The van der Waals surface area contributed by atoms with E-state index in [0.29, 0.717) is 0 Å². The number of benzene rings is 3. The van der Waals surface area contributed by atoms with E-state index in [1.54, 1.807) is 0 Å². The number of nitrogens with zero attached hydrogens (tertiary/aromatic N) is 2. The minimum atomic E-state index is -0.738. The van der Waals surface area contributed by atoms with Crippen molar-refractivity contribution in [1.82, 2.24) is 0 Å². The van der Waals surface area contributed by atoms with Crippen LogP contribution in [0.25, 0.3) is 0 Å². The lowest BCUT2D eigenvalue weighted by atomic mass is 9.42. The van der Waals surface area contributed by atoms with E-state index < -0.39 is 39.4 Å². The van der Waals surface area contributed by atoms with E-state index in [1.165, 1.54) is 25.3 Å². The van der Waals surface area contributed by atoms with Crippen molar-refractivity contribution in [1.29, 1.82) is 0 Å². The van der Waals surface area contributed by atoms with Crippen LogP contribution >= 0.6 is 0 Å². The van der Waals surface area contributed by atoms with Crippen LogP contribution in [0.1, 0.15) is 36.1 Å². The summed E-state index contributed by atoms with van der Waals surface area (Å²) in [7, 11) is 1.41. The summed E-state index contributed by atoms with van der Waals surface area (Å²) in [5.74, 6) is -1.86. The number of carbonyl (C=O) groups excluding carboxylic acids is 2. The maximum absolute atomic E-state index is 14.1. The van der Waals surface area contributed by atoms with Gasteiger partial charge in [-0.25, -0.2) is 4.90 Å². The molecule has 34 heavy (non-hydrogen) atoms. The van der Waals surface area contributed by atoms with Gasteiger partial charge in [0.25, 0.3) is 5.69 Å². The molecule has 7 nitrogen and oxygen atoms in total. The number of methoxy groups -OCH3 is 1. The van der Waals surface area contributed by atoms with Crippen molar-refractivity contribution in [2.75, 3.05) is 12.0 Å². The number of ether oxygens (including phenoxy) is 1. The van der Waals surface area contributed by atoms with Gasteiger partial charge in [0.05, 0.1) is 29.9 Å². The summed E-state index contributed by atoms with van der Waals surface area (Å²) in [6.07, 6.45) is 0. The molecule has 0 radical (unpaired) electrons. The number of imide groups is 1. The Labute approximate surface area is 196 Å². The number of nitro benzene ring substituents is 1. The van der Waals surface area contributed by atoms with Crippen molar-refractivity contribution in [2.45, 2.75) is 24.7 Å². The molecule has 2 amide bonds. The Hall–Kier alpha value is -4.00. The molecule has 4 aliphatic rings. The van der Waals surface area contributed by atoms with Gasteiger partial charge in [-0.05, 0) is 34.4 Å². The lowest BCUT2D eigenvalue weighted by Crippen LogP contribution is -2.59. The minimum Gasteiger partial charge on any atom is -0.496 e. The Bertz CT molecular complexity index is 1310. The molecule has 0 spiro atoms. The second kappa shape index (κ2) is 6.53. The Kier molecular flexibility index (Phi) is 3.96. The summed E-state index contributed by atoms with van der Waals surface area (Å²) < 4.78 is 5.14. The summed E-state index contributed by atoms with van der Waals surface area (Å²) in [4.78, 5) is 40.5. The zero-order chi connectivity index (χ0) is 24.0. The maximum Gasteiger partial charge on any atom is 0.297 e. The Morgan fingerprint density at radius 3 is 1.65 bits per heavy atom. The molecule has 1 fully saturated rings. The molecule has 2 unspecified atom stereocenters. The van der Waals surface area contributed by atoms with E-state index >= 15 is 0 Å². The highest BCUT2D eigenvalue weighted by atomic mass is 16.6. The zero-order valence-corrected chi connectivity index (χ0v) is 18.9. The lowest BCUT2D eigenvalue weighted by molar-refractivity contribution is -0.384. The van der Waals surface area contributed by atoms with Gasteiger partial charge >= 0.3 is 0 Å². The molecular formula is C27H22N2O5. The Morgan fingerprint density at radius 1 is 0.824 bits per heavy atom. The van der Waals surface area contributed by atoms with Crippen LogP contribution in [0.2, 0.25) is 0 Å².